The summed E-state index contributed by atoms with van der Waals surface area (Å²) in [4.78, 5) is 1.41. The molecule has 0 saturated heterocycles. The minimum Gasteiger partial charge on any atom is -0.396 e. The van der Waals surface area contributed by atoms with Crippen LogP contribution in [-0.2, 0) is 0 Å². The first-order valence-electron chi connectivity index (χ1n) is 7.13. The van der Waals surface area contributed by atoms with Crippen molar-refractivity contribution in [1.82, 2.24) is 5.32 Å². The molecule has 1 aliphatic carbocycles. The van der Waals surface area contributed by atoms with Crippen molar-refractivity contribution in [3.8, 4) is 0 Å². The second-order valence-electron chi connectivity index (χ2n) is 5.65. The van der Waals surface area contributed by atoms with E-state index >= 15 is 0 Å². The van der Waals surface area contributed by atoms with Crippen molar-refractivity contribution in [3.05, 3.63) is 22.4 Å². The quantitative estimate of drug-likeness (QED) is 0.823. The number of rotatable bonds is 6. The molecule has 102 valence electrons. The lowest BCUT2D eigenvalue weighted by molar-refractivity contribution is 0.123. The Bertz CT molecular complexity index is 325. The zero-order chi connectivity index (χ0) is 12.8. The van der Waals surface area contributed by atoms with Crippen molar-refractivity contribution in [3.63, 3.8) is 0 Å². The number of thiophene rings is 1. The maximum Gasteiger partial charge on any atom is 0.0436 e. The first-order chi connectivity index (χ1) is 8.76. The molecule has 1 unspecified atom stereocenters. The fourth-order valence-electron chi connectivity index (χ4n) is 3.06. The molecule has 3 heteroatoms. The zero-order valence-corrected chi connectivity index (χ0v) is 12.1. The second kappa shape index (κ2) is 6.69. The van der Waals surface area contributed by atoms with Gasteiger partial charge in [-0.15, -0.1) is 11.3 Å². The second-order valence-corrected chi connectivity index (χ2v) is 6.63. The smallest absolute Gasteiger partial charge is 0.0436 e. The van der Waals surface area contributed by atoms with Gasteiger partial charge in [0, 0.05) is 24.1 Å². The van der Waals surface area contributed by atoms with Gasteiger partial charge in [0.05, 0.1) is 0 Å². The van der Waals surface area contributed by atoms with Gasteiger partial charge in [0.15, 0.2) is 0 Å². The van der Waals surface area contributed by atoms with Gasteiger partial charge in [-0.2, -0.15) is 0 Å². The fourth-order valence-corrected chi connectivity index (χ4v) is 3.82. The van der Waals surface area contributed by atoms with Crippen molar-refractivity contribution in [2.45, 2.75) is 51.5 Å². The normalized spacial score (nSPS) is 20.8. The highest BCUT2D eigenvalue weighted by Crippen LogP contribution is 2.39. The Morgan fingerprint density at radius 3 is 2.78 bits per heavy atom. The standard InChI is InChI=1S/C15H25NOS/c1-13(14-6-5-11-18-14)16-12-15(9-10-17)7-3-2-4-8-15/h5-6,11,13,16-17H,2-4,7-10,12H2,1H3. The average molecular weight is 267 g/mol. The van der Waals surface area contributed by atoms with Crippen LogP contribution in [0.5, 0.6) is 0 Å². The monoisotopic (exact) mass is 267 g/mol. The van der Waals surface area contributed by atoms with E-state index in [-0.39, 0.29) is 0 Å². The van der Waals surface area contributed by atoms with Gasteiger partial charge in [-0.3, -0.25) is 0 Å². The molecule has 1 aromatic heterocycles. The fraction of sp³-hybridized carbons (Fsp3) is 0.733. The molecular formula is C15H25NOS. The molecule has 0 radical (unpaired) electrons. The minimum atomic E-state index is 0.328. The average Bonchev–Trinajstić information content (AvgIpc) is 2.91. The van der Waals surface area contributed by atoms with E-state index in [1.54, 1.807) is 0 Å². The molecule has 0 spiro atoms. The van der Waals surface area contributed by atoms with Crippen LogP contribution in [0.15, 0.2) is 17.5 Å². The van der Waals surface area contributed by atoms with E-state index in [0.29, 0.717) is 18.1 Å². The first kappa shape index (κ1) is 14.0. The SMILES string of the molecule is CC(NCC1(CCO)CCCCC1)c1cccs1. The predicted molar refractivity (Wildman–Crippen MR) is 78.0 cm³/mol. The van der Waals surface area contributed by atoms with Gasteiger partial charge in [0.25, 0.3) is 0 Å². The number of hydrogen-bond acceptors (Lipinski definition) is 3. The van der Waals surface area contributed by atoms with Gasteiger partial charge in [-0.25, -0.2) is 0 Å². The Hall–Kier alpha value is -0.380. The third-order valence-corrected chi connectivity index (χ3v) is 5.36. The van der Waals surface area contributed by atoms with Gasteiger partial charge in [0.2, 0.25) is 0 Å². The Kier molecular flexibility index (Phi) is 5.22. The Morgan fingerprint density at radius 1 is 1.39 bits per heavy atom. The van der Waals surface area contributed by atoms with E-state index in [2.05, 4.69) is 29.8 Å². The molecule has 2 nitrogen and oxygen atoms in total. The molecule has 1 atom stereocenters. The van der Waals surface area contributed by atoms with E-state index in [9.17, 15) is 5.11 Å². The molecule has 1 saturated carbocycles. The number of nitrogens with one attached hydrogen (secondary N) is 1. The molecule has 0 bridgehead atoms. The van der Waals surface area contributed by atoms with E-state index in [1.165, 1.54) is 37.0 Å². The maximum absolute atomic E-state index is 9.31. The Balaban J connectivity index is 1.89. The summed E-state index contributed by atoms with van der Waals surface area (Å²) in [5.74, 6) is 0. The van der Waals surface area contributed by atoms with Crippen LogP contribution in [-0.4, -0.2) is 18.3 Å². The molecule has 2 rings (SSSR count). The summed E-state index contributed by atoms with van der Waals surface area (Å²) >= 11 is 1.82. The third-order valence-electron chi connectivity index (χ3n) is 4.31. The molecule has 18 heavy (non-hydrogen) atoms. The molecule has 1 heterocycles. The number of aliphatic hydroxyl groups excluding tert-OH is 1. The Labute approximate surface area is 114 Å². The first-order valence-corrected chi connectivity index (χ1v) is 8.01. The van der Waals surface area contributed by atoms with Crippen molar-refractivity contribution >= 4 is 11.3 Å². The van der Waals surface area contributed by atoms with Gasteiger partial charge in [0.1, 0.15) is 0 Å². The molecule has 2 N–H and O–H groups in total. The lowest BCUT2D eigenvalue weighted by atomic mass is 9.72. The topological polar surface area (TPSA) is 32.3 Å². The molecule has 1 fully saturated rings. The molecule has 1 aromatic rings. The van der Waals surface area contributed by atoms with Gasteiger partial charge in [-0.1, -0.05) is 25.3 Å². The molecular weight excluding hydrogens is 242 g/mol. The zero-order valence-electron chi connectivity index (χ0n) is 11.3. The lowest BCUT2D eigenvalue weighted by Crippen LogP contribution is -2.37. The summed E-state index contributed by atoms with van der Waals surface area (Å²) in [5.41, 5.74) is 0.346. The molecule has 0 aromatic carbocycles. The van der Waals surface area contributed by atoms with Crippen LogP contribution in [0.25, 0.3) is 0 Å². The summed E-state index contributed by atoms with van der Waals surface area (Å²) in [5, 5.41) is 15.1. The summed E-state index contributed by atoms with van der Waals surface area (Å²) in [7, 11) is 0. The van der Waals surface area contributed by atoms with Crippen molar-refractivity contribution in [2.24, 2.45) is 5.41 Å². The number of aliphatic hydroxyl groups is 1. The van der Waals surface area contributed by atoms with Crippen LogP contribution >= 0.6 is 11.3 Å². The van der Waals surface area contributed by atoms with E-state index in [1.807, 2.05) is 11.3 Å². The predicted octanol–water partition coefficient (Wildman–Crippen LogP) is 3.73. The van der Waals surface area contributed by atoms with Crippen LogP contribution in [0, 0.1) is 5.41 Å². The third kappa shape index (κ3) is 3.56. The van der Waals surface area contributed by atoms with Crippen LogP contribution in [0.4, 0.5) is 0 Å². The summed E-state index contributed by atoms with van der Waals surface area (Å²) in [6.45, 7) is 3.61. The van der Waals surface area contributed by atoms with Crippen LogP contribution in [0.2, 0.25) is 0 Å². The van der Waals surface area contributed by atoms with E-state index in [4.69, 9.17) is 0 Å². The highest BCUT2D eigenvalue weighted by atomic mass is 32.1. The summed E-state index contributed by atoms with van der Waals surface area (Å²) in [6, 6.07) is 4.74. The lowest BCUT2D eigenvalue weighted by Gasteiger charge is -2.38. The van der Waals surface area contributed by atoms with Gasteiger partial charge in [-0.05, 0) is 43.0 Å². The summed E-state index contributed by atoms with van der Waals surface area (Å²) < 4.78 is 0. The van der Waals surface area contributed by atoms with E-state index < -0.39 is 0 Å². The molecule has 0 aliphatic heterocycles. The van der Waals surface area contributed by atoms with Crippen molar-refractivity contribution in [1.29, 1.82) is 0 Å². The van der Waals surface area contributed by atoms with Crippen LogP contribution < -0.4 is 5.32 Å². The summed E-state index contributed by atoms with van der Waals surface area (Å²) in [6.07, 6.45) is 7.53. The molecule has 0 amide bonds. The molecule has 1 aliphatic rings. The van der Waals surface area contributed by atoms with Crippen molar-refractivity contribution < 1.29 is 5.11 Å². The van der Waals surface area contributed by atoms with Gasteiger partial charge >= 0.3 is 0 Å². The highest BCUT2D eigenvalue weighted by Gasteiger charge is 2.31. The maximum atomic E-state index is 9.31. The Morgan fingerprint density at radius 2 is 2.17 bits per heavy atom. The minimum absolute atomic E-state index is 0.328. The van der Waals surface area contributed by atoms with Crippen molar-refractivity contribution in [2.75, 3.05) is 13.2 Å². The highest BCUT2D eigenvalue weighted by molar-refractivity contribution is 7.10. The van der Waals surface area contributed by atoms with Gasteiger partial charge < -0.3 is 10.4 Å². The van der Waals surface area contributed by atoms with Crippen LogP contribution in [0.3, 0.4) is 0 Å². The van der Waals surface area contributed by atoms with E-state index in [0.717, 1.165) is 13.0 Å². The van der Waals surface area contributed by atoms with Crippen LogP contribution in [0.1, 0.15) is 56.4 Å². The largest absolute Gasteiger partial charge is 0.396 e. The number of hydrogen-bond donors (Lipinski definition) is 2.